The highest BCUT2D eigenvalue weighted by molar-refractivity contribution is 5.79. The average Bonchev–Trinajstić information content (AvgIpc) is 2.81. The first-order chi connectivity index (χ1) is 9.67. The molecule has 2 heterocycles. The number of amides is 3. The highest BCUT2D eigenvalue weighted by Crippen LogP contribution is 2.37. The van der Waals surface area contributed by atoms with Crippen LogP contribution in [0.2, 0.25) is 0 Å². The minimum Gasteiger partial charge on any atom is -0.356 e. The number of piperidine rings is 1. The van der Waals surface area contributed by atoms with Gasteiger partial charge in [0.2, 0.25) is 5.91 Å². The maximum Gasteiger partial charge on any atom is 0.317 e. The summed E-state index contributed by atoms with van der Waals surface area (Å²) in [6.07, 6.45) is 8.58. The predicted octanol–water partition coefficient (Wildman–Crippen LogP) is 1.63. The summed E-state index contributed by atoms with van der Waals surface area (Å²) in [6.45, 7) is 2.37. The highest BCUT2D eigenvalue weighted by atomic mass is 16.2. The van der Waals surface area contributed by atoms with Crippen molar-refractivity contribution in [3.8, 4) is 0 Å². The van der Waals surface area contributed by atoms with Gasteiger partial charge in [-0.25, -0.2) is 4.79 Å². The Morgan fingerprint density at radius 3 is 2.50 bits per heavy atom. The van der Waals surface area contributed by atoms with Crippen LogP contribution in [0.3, 0.4) is 0 Å². The second kappa shape index (κ2) is 5.62. The molecule has 0 aromatic carbocycles. The number of nitrogens with zero attached hydrogens (tertiary/aromatic N) is 1. The summed E-state index contributed by atoms with van der Waals surface area (Å²) in [7, 11) is 0. The summed E-state index contributed by atoms with van der Waals surface area (Å²) in [5.41, 5.74) is 0.124. The second-order valence-electron chi connectivity index (χ2n) is 6.72. The molecule has 20 heavy (non-hydrogen) atoms. The van der Waals surface area contributed by atoms with Gasteiger partial charge in [-0.05, 0) is 31.1 Å². The zero-order chi connectivity index (χ0) is 14.0. The Labute approximate surface area is 120 Å². The van der Waals surface area contributed by atoms with Crippen molar-refractivity contribution in [3.63, 3.8) is 0 Å². The van der Waals surface area contributed by atoms with E-state index in [1.807, 2.05) is 4.90 Å². The lowest BCUT2D eigenvalue weighted by Gasteiger charge is -2.38. The summed E-state index contributed by atoms with van der Waals surface area (Å²) in [6, 6.07) is 0.478. The summed E-state index contributed by atoms with van der Waals surface area (Å²) in [5, 5.41) is 6.11. The van der Waals surface area contributed by atoms with E-state index in [4.69, 9.17) is 0 Å². The van der Waals surface area contributed by atoms with Crippen molar-refractivity contribution >= 4 is 11.9 Å². The van der Waals surface area contributed by atoms with Crippen LogP contribution in [0.25, 0.3) is 0 Å². The summed E-state index contributed by atoms with van der Waals surface area (Å²) >= 11 is 0. The van der Waals surface area contributed by atoms with Crippen LogP contribution < -0.4 is 10.6 Å². The van der Waals surface area contributed by atoms with Crippen LogP contribution in [-0.4, -0.2) is 42.5 Å². The molecule has 3 aliphatic rings. The van der Waals surface area contributed by atoms with Crippen molar-refractivity contribution in [2.45, 2.75) is 57.4 Å². The van der Waals surface area contributed by atoms with Crippen LogP contribution in [-0.2, 0) is 4.79 Å². The van der Waals surface area contributed by atoms with E-state index in [9.17, 15) is 9.59 Å². The summed E-state index contributed by atoms with van der Waals surface area (Å²) < 4.78 is 0. The summed E-state index contributed by atoms with van der Waals surface area (Å²) in [4.78, 5) is 25.6. The molecule has 1 saturated carbocycles. The summed E-state index contributed by atoms with van der Waals surface area (Å²) in [5.74, 6) is 0.171. The van der Waals surface area contributed by atoms with E-state index in [1.54, 1.807) is 0 Å². The van der Waals surface area contributed by atoms with Gasteiger partial charge >= 0.3 is 6.03 Å². The van der Waals surface area contributed by atoms with Gasteiger partial charge in [0.1, 0.15) is 0 Å². The molecule has 1 spiro atoms. The molecule has 2 N–H and O–H groups in total. The third kappa shape index (κ3) is 2.91. The molecule has 0 atom stereocenters. The lowest BCUT2D eigenvalue weighted by Crippen LogP contribution is -2.50. The van der Waals surface area contributed by atoms with Crippen molar-refractivity contribution in [2.24, 2.45) is 5.41 Å². The molecule has 5 heteroatoms. The van der Waals surface area contributed by atoms with Gasteiger partial charge in [0.15, 0.2) is 0 Å². The van der Waals surface area contributed by atoms with Crippen LogP contribution >= 0.6 is 0 Å². The Morgan fingerprint density at radius 2 is 1.90 bits per heavy atom. The molecule has 0 aromatic heterocycles. The Hall–Kier alpha value is -1.26. The predicted molar refractivity (Wildman–Crippen MR) is 76.3 cm³/mol. The molecule has 2 saturated heterocycles. The van der Waals surface area contributed by atoms with Crippen LogP contribution in [0, 0.1) is 5.41 Å². The maximum atomic E-state index is 12.3. The van der Waals surface area contributed by atoms with E-state index < -0.39 is 0 Å². The van der Waals surface area contributed by atoms with Crippen molar-refractivity contribution in [1.29, 1.82) is 0 Å². The fourth-order valence-electron chi connectivity index (χ4n) is 3.80. The topological polar surface area (TPSA) is 61.4 Å². The molecule has 0 bridgehead atoms. The van der Waals surface area contributed by atoms with Gasteiger partial charge < -0.3 is 15.5 Å². The smallest absolute Gasteiger partial charge is 0.317 e. The molecule has 3 amide bonds. The zero-order valence-corrected chi connectivity index (χ0v) is 12.1. The van der Waals surface area contributed by atoms with Gasteiger partial charge in [0, 0.05) is 32.1 Å². The fourth-order valence-corrected chi connectivity index (χ4v) is 3.80. The van der Waals surface area contributed by atoms with Crippen molar-refractivity contribution < 1.29 is 9.59 Å². The molecule has 0 aromatic rings. The molecule has 0 unspecified atom stereocenters. The van der Waals surface area contributed by atoms with Crippen molar-refractivity contribution in [3.05, 3.63) is 0 Å². The Kier molecular flexibility index (Phi) is 3.85. The van der Waals surface area contributed by atoms with Crippen molar-refractivity contribution in [1.82, 2.24) is 15.5 Å². The lowest BCUT2D eigenvalue weighted by molar-refractivity contribution is -0.119. The number of rotatable bonds is 1. The fraction of sp³-hybridized carbons (Fsp3) is 0.867. The van der Waals surface area contributed by atoms with Gasteiger partial charge in [-0.3, -0.25) is 4.79 Å². The molecule has 5 nitrogen and oxygen atoms in total. The van der Waals surface area contributed by atoms with E-state index >= 15 is 0 Å². The maximum absolute atomic E-state index is 12.3. The number of carbonyl (C=O) groups excluding carboxylic acids is 2. The number of hydrogen-bond acceptors (Lipinski definition) is 2. The zero-order valence-electron chi connectivity index (χ0n) is 12.1. The minimum atomic E-state index is 0.101. The van der Waals surface area contributed by atoms with Gasteiger partial charge in [-0.2, -0.15) is 0 Å². The third-order valence-corrected chi connectivity index (χ3v) is 5.24. The van der Waals surface area contributed by atoms with E-state index in [0.717, 1.165) is 45.3 Å². The van der Waals surface area contributed by atoms with Crippen LogP contribution in [0.15, 0.2) is 0 Å². The number of likely N-dealkylation sites (tertiary alicyclic amines) is 1. The first-order valence-corrected chi connectivity index (χ1v) is 7.99. The first-order valence-electron chi connectivity index (χ1n) is 7.99. The molecule has 1 aliphatic carbocycles. The number of hydrogen-bond donors (Lipinski definition) is 2. The molecule has 3 fully saturated rings. The first kappa shape index (κ1) is 13.7. The van der Waals surface area contributed by atoms with Gasteiger partial charge in [0.25, 0.3) is 0 Å². The number of urea groups is 1. The van der Waals surface area contributed by atoms with Gasteiger partial charge in [0.05, 0.1) is 0 Å². The molecular weight excluding hydrogens is 254 g/mol. The minimum absolute atomic E-state index is 0.101. The SMILES string of the molecule is O=C1CC2(CCN(C(=O)NC3CCCCC3)CC2)CN1. The second-order valence-corrected chi connectivity index (χ2v) is 6.72. The third-order valence-electron chi connectivity index (χ3n) is 5.24. The molecule has 112 valence electrons. The van der Waals surface area contributed by atoms with Crippen LogP contribution in [0.4, 0.5) is 4.79 Å². The van der Waals surface area contributed by atoms with Gasteiger partial charge in [-0.15, -0.1) is 0 Å². The van der Waals surface area contributed by atoms with Crippen molar-refractivity contribution in [2.75, 3.05) is 19.6 Å². The Balaban J connectivity index is 1.47. The van der Waals surface area contributed by atoms with Gasteiger partial charge in [-0.1, -0.05) is 19.3 Å². The largest absolute Gasteiger partial charge is 0.356 e. The van der Waals surface area contributed by atoms with E-state index in [1.165, 1.54) is 19.3 Å². The van der Waals surface area contributed by atoms with E-state index in [0.29, 0.717) is 12.5 Å². The number of carbonyl (C=O) groups is 2. The Bertz CT molecular complexity index is 383. The normalized spacial score (nSPS) is 26.6. The van der Waals surface area contributed by atoms with E-state index in [-0.39, 0.29) is 17.4 Å². The molecule has 2 aliphatic heterocycles. The quantitative estimate of drug-likeness (QED) is 0.766. The molecule has 3 rings (SSSR count). The van der Waals surface area contributed by atoms with Crippen LogP contribution in [0.1, 0.15) is 51.4 Å². The van der Waals surface area contributed by atoms with Crippen LogP contribution in [0.5, 0.6) is 0 Å². The average molecular weight is 279 g/mol. The standard InChI is InChI=1S/C15H25N3O2/c19-13-10-15(11-16-13)6-8-18(9-7-15)14(20)17-12-4-2-1-3-5-12/h12H,1-11H2,(H,16,19)(H,17,20). The van der Waals surface area contributed by atoms with E-state index in [2.05, 4.69) is 10.6 Å². The molecule has 0 radical (unpaired) electrons. The Morgan fingerprint density at radius 1 is 1.20 bits per heavy atom. The lowest BCUT2D eigenvalue weighted by atomic mass is 9.78. The number of nitrogens with one attached hydrogen (secondary N) is 2. The highest BCUT2D eigenvalue weighted by Gasteiger charge is 2.41. The molecular formula is C15H25N3O2. The monoisotopic (exact) mass is 279 g/mol.